The number of urea groups is 1. The quantitative estimate of drug-likeness (QED) is 0.459. The second-order valence-corrected chi connectivity index (χ2v) is 6.95. The molecule has 0 bridgehead atoms. The van der Waals surface area contributed by atoms with Crippen LogP contribution in [-0.2, 0) is 0 Å². The van der Waals surface area contributed by atoms with Crippen molar-refractivity contribution in [2.24, 2.45) is 0 Å². The Hall–Kier alpha value is -4.40. The average Bonchev–Trinajstić information content (AvgIpc) is 3.14. The number of hydrogen-bond donors (Lipinski definition) is 2. The zero-order valence-electron chi connectivity index (χ0n) is 17.9. The van der Waals surface area contributed by atoms with Crippen LogP contribution in [0.5, 0.6) is 17.4 Å². The number of benzene rings is 2. The maximum atomic E-state index is 12.2. The van der Waals surface area contributed by atoms with E-state index in [1.54, 1.807) is 68.0 Å². The number of carbonyl (C=O) groups excluding carboxylic acids is 1. The van der Waals surface area contributed by atoms with Gasteiger partial charge in [0.15, 0.2) is 5.82 Å². The highest BCUT2D eigenvalue weighted by Crippen LogP contribution is 2.22. The highest BCUT2D eigenvalue weighted by molar-refractivity contribution is 5.99. The second-order valence-electron chi connectivity index (χ2n) is 6.95. The number of anilines is 2. The van der Waals surface area contributed by atoms with Crippen molar-refractivity contribution < 1.29 is 14.3 Å². The molecule has 0 atom stereocenters. The number of rotatable bonds is 6. The third-order valence-electron chi connectivity index (χ3n) is 4.81. The van der Waals surface area contributed by atoms with Gasteiger partial charge in [-0.05, 0) is 68.4 Å². The third kappa shape index (κ3) is 4.84. The number of nitrogens with zero attached hydrogens (tertiary/aromatic N) is 4. The van der Waals surface area contributed by atoms with E-state index in [4.69, 9.17) is 9.47 Å². The van der Waals surface area contributed by atoms with E-state index in [-0.39, 0.29) is 6.03 Å². The van der Waals surface area contributed by atoms with E-state index in [9.17, 15) is 4.79 Å². The number of nitrogens with one attached hydrogen (secondary N) is 2. The van der Waals surface area contributed by atoms with Crippen LogP contribution >= 0.6 is 0 Å². The number of aryl methyl sites for hydroxylation is 1. The standard InChI is InChI=1S/C23H22N6O3/c1-15-16(2)29(14-24-15)21-12-13-22(28-27-21)32-20-10-6-18(7-11-20)26-23(30)25-17-4-8-19(31-3)9-5-17/h4-14H,1-3H3,(H2,25,26,30). The lowest BCUT2D eigenvalue weighted by Gasteiger charge is -2.09. The molecule has 2 aromatic heterocycles. The summed E-state index contributed by atoms with van der Waals surface area (Å²) in [5, 5.41) is 13.9. The molecule has 4 aromatic rings. The normalized spacial score (nSPS) is 10.5. The summed E-state index contributed by atoms with van der Waals surface area (Å²) in [6, 6.07) is 17.2. The SMILES string of the molecule is COc1ccc(NC(=O)Nc2ccc(Oc3ccc(-n4cnc(C)c4C)nn3)cc2)cc1. The van der Waals surface area contributed by atoms with Gasteiger partial charge in [-0.15, -0.1) is 10.2 Å². The summed E-state index contributed by atoms with van der Waals surface area (Å²) in [6.45, 7) is 3.92. The Balaban J connectivity index is 1.34. The lowest BCUT2D eigenvalue weighted by molar-refractivity contribution is 0.262. The molecule has 0 unspecified atom stereocenters. The Bertz CT molecular complexity index is 1200. The molecule has 162 valence electrons. The lowest BCUT2D eigenvalue weighted by atomic mass is 10.3. The monoisotopic (exact) mass is 430 g/mol. The minimum absolute atomic E-state index is 0.352. The maximum Gasteiger partial charge on any atom is 0.323 e. The fourth-order valence-electron chi connectivity index (χ4n) is 2.92. The zero-order valence-corrected chi connectivity index (χ0v) is 17.9. The van der Waals surface area contributed by atoms with Gasteiger partial charge in [-0.25, -0.2) is 9.78 Å². The van der Waals surface area contributed by atoms with E-state index < -0.39 is 0 Å². The first kappa shape index (κ1) is 20.9. The van der Waals surface area contributed by atoms with Crippen molar-refractivity contribution >= 4 is 17.4 Å². The molecular formula is C23H22N6O3. The Morgan fingerprint density at radius 2 is 1.47 bits per heavy atom. The van der Waals surface area contributed by atoms with Crippen molar-refractivity contribution in [1.29, 1.82) is 0 Å². The molecule has 0 saturated carbocycles. The summed E-state index contributed by atoms with van der Waals surface area (Å²) in [5.74, 6) is 2.32. The molecular weight excluding hydrogens is 408 g/mol. The smallest absolute Gasteiger partial charge is 0.323 e. The fraction of sp³-hybridized carbons (Fsp3) is 0.130. The van der Waals surface area contributed by atoms with Gasteiger partial charge >= 0.3 is 6.03 Å². The largest absolute Gasteiger partial charge is 0.497 e. The molecule has 2 heterocycles. The topological polar surface area (TPSA) is 103 Å². The van der Waals surface area contributed by atoms with E-state index in [0.29, 0.717) is 28.8 Å². The highest BCUT2D eigenvalue weighted by Gasteiger charge is 2.08. The van der Waals surface area contributed by atoms with E-state index in [2.05, 4.69) is 25.8 Å². The van der Waals surface area contributed by atoms with Crippen molar-refractivity contribution in [3.63, 3.8) is 0 Å². The van der Waals surface area contributed by atoms with E-state index in [1.165, 1.54) is 0 Å². The van der Waals surface area contributed by atoms with Crippen LogP contribution in [-0.4, -0.2) is 32.9 Å². The number of methoxy groups -OCH3 is 1. The molecule has 0 spiro atoms. The van der Waals surface area contributed by atoms with E-state index in [0.717, 1.165) is 17.1 Å². The first-order valence-electron chi connectivity index (χ1n) is 9.86. The summed E-state index contributed by atoms with van der Waals surface area (Å²) in [4.78, 5) is 16.4. The molecule has 2 aromatic carbocycles. The number of ether oxygens (including phenoxy) is 2. The molecule has 0 fully saturated rings. The maximum absolute atomic E-state index is 12.2. The molecule has 2 N–H and O–H groups in total. The molecule has 0 aliphatic heterocycles. The van der Waals surface area contributed by atoms with Gasteiger partial charge in [-0.2, -0.15) is 0 Å². The first-order valence-corrected chi connectivity index (χ1v) is 9.86. The average molecular weight is 430 g/mol. The summed E-state index contributed by atoms with van der Waals surface area (Å²) in [6.07, 6.45) is 1.71. The van der Waals surface area contributed by atoms with Crippen LogP contribution in [0.15, 0.2) is 67.0 Å². The molecule has 9 heteroatoms. The molecule has 0 aliphatic carbocycles. The highest BCUT2D eigenvalue weighted by atomic mass is 16.5. The Morgan fingerprint density at radius 3 is 1.97 bits per heavy atom. The molecule has 9 nitrogen and oxygen atoms in total. The molecule has 2 amide bonds. The zero-order chi connectivity index (χ0) is 22.5. The van der Waals surface area contributed by atoms with Crippen molar-refractivity contribution in [3.8, 4) is 23.2 Å². The van der Waals surface area contributed by atoms with Gasteiger partial charge in [0.2, 0.25) is 5.88 Å². The summed E-state index contributed by atoms with van der Waals surface area (Å²) in [5.41, 5.74) is 3.23. The van der Waals surface area contributed by atoms with Crippen LogP contribution in [0.2, 0.25) is 0 Å². The molecule has 0 aliphatic rings. The van der Waals surface area contributed by atoms with Gasteiger partial charge in [0.1, 0.15) is 17.8 Å². The van der Waals surface area contributed by atoms with Crippen LogP contribution in [0.3, 0.4) is 0 Å². The Kier molecular flexibility index (Phi) is 5.98. The molecule has 0 radical (unpaired) electrons. The number of carbonyl (C=O) groups is 1. The Labute approximate surface area is 185 Å². The van der Waals surface area contributed by atoms with Crippen molar-refractivity contribution in [1.82, 2.24) is 19.7 Å². The molecule has 0 saturated heterocycles. The fourth-order valence-corrected chi connectivity index (χ4v) is 2.92. The summed E-state index contributed by atoms with van der Waals surface area (Å²) < 4.78 is 12.7. The van der Waals surface area contributed by atoms with E-state index >= 15 is 0 Å². The number of hydrogen-bond acceptors (Lipinski definition) is 6. The third-order valence-corrected chi connectivity index (χ3v) is 4.81. The predicted molar refractivity (Wildman–Crippen MR) is 121 cm³/mol. The van der Waals surface area contributed by atoms with E-state index in [1.807, 2.05) is 24.5 Å². The van der Waals surface area contributed by atoms with Gasteiger partial charge in [0, 0.05) is 23.1 Å². The molecule has 32 heavy (non-hydrogen) atoms. The van der Waals surface area contributed by atoms with Crippen LogP contribution in [0.4, 0.5) is 16.2 Å². The van der Waals surface area contributed by atoms with Gasteiger partial charge in [0.25, 0.3) is 0 Å². The van der Waals surface area contributed by atoms with Crippen LogP contribution < -0.4 is 20.1 Å². The Morgan fingerprint density at radius 1 is 0.844 bits per heavy atom. The van der Waals surface area contributed by atoms with Gasteiger partial charge in [0.05, 0.1) is 12.8 Å². The minimum Gasteiger partial charge on any atom is -0.497 e. The van der Waals surface area contributed by atoms with Gasteiger partial charge in [-0.3, -0.25) is 4.57 Å². The summed E-state index contributed by atoms with van der Waals surface area (Å²) >= 11 is 0. The second kappa shape index (κ2) is 9.17. The van der Waals surface area contributed by atoms with Crippen LogP contribution in [0.25, 0.3) is 5.82 Å². The van der Waals surface area contributed by atoms with Crippen molar-refractivity contribution in [2.45, 2.75) is 13.8 Å². The minimum atomic E-state index is -0.352. The predicted octanol–water partition coefficient (Wildman–Crippen LogP) is 4.72. The first-order chi connectivity index (χ1) is 15.5. The molecule has 4 rings (SSSR count). The number of imidazole rings is 1. The summed E-state index contributed by atoms with van der Waals surface area (Å²) in [7, 11) is 1.59. The van der Waals surface area contributed by atoms with Crippen molar-refractivity contribution in [3.05, 3.63) is 78.4 Å². The number of amides is 2. The van der Waals surface area contributed by atoms with Crippen molar-refractivity contribution in [2.75, 3.05) is 17.7 Å². The van der Waals surface area contributed by atoms with Crippen LogP contribution in [0.1, 0.15) is 11.4 Å². The lowest BCUT2D eigenvalue weighted by Crippen LogP contribution is -2.19. The number of aromatic nitrogens is 4. The van der Waals surface area contributed by atoms with Crippen LogP contribution in [0, 0.1) is 13.8 Å². The van der Waals surface area contributed by atoms with Gasteiger partial charge in [-0.1, -0.05) is 0 Å². The van der Waals surface area contributed by atoms with Gasteiger partial charge < -0.3 is 20.1 Å².